The molecule has 148 valence electrons. The monoisotopic (exact) mass is 397 g/mol. The van der Waals surface area contributed by atoms with E-state index in [0.29, 0.717) is 0 Å². The van der Waals surface area contributed by atoms with Crippen molar-refractivity contribution >= 4 is 26.9 Å². The maximum atomic E-state index is 12.5. The summed E-state index contributed by atoms with van der Waals surface area (Å²) in [7, 11) is -0.346. The SMILES string of the molecule is CC(C)CS(=O)(=O)C1CN(C(=O)Cn2cnc3c2c(=O)n(C)c(=O)n3C)C1. The van der Waals surface area contributed by atoms with Gasteiger partial charge in [0.25, 0.3) is 5.56 Å². The first-order chi connectivity index (χ1) is 12.5. The van der Waals surface area contributed by atoms with Gasteiger partial charge >= 0.3 is 5.69 Å². The van der Waals surface area contributed by atoms with Crippen molar-refractivity contribution in [3.63, 3.8) is 0 Å². The van der Waals surface area contributed by atoms with E-state index in [1.807, 2.05) is 13.8 Å². The lowest BCUT2D eigenvalue weighted by Crippen LogP contribution is -2.58. The minimum absolute atomic E-state index is 0.0416. The molecule has 10 nitrogen and oxygen atoms in total. The molecule has 1 aliphatic rings. The zero-order valence-corrected chi connectivity index (χ0v) is 16.6. The van der Waals surface area contributed by atoms with Gasteiger partial charge < -0.3 is 9.47 Å². The number of amides is 1. The lowest BCUT2D eigenvalue weighted by molar-refractivity contribution is -0.134. The average Bonchev–Trinajstić information content (AvgIpc) is 2.91. The Hall–Kier alpha value is -2.43. The van der Waals surface area contributed by atoms with Crippen LogP contribution in [0.25, 0.3) is 11.2 Å². The van der Waals surface area contributed by atoms with Gasteiger partial charge in [0, 0.05) is 27.2 Å². The third-order valence-electron chi connectivity index (χ3n) is 4.80. The number of aromatic nitrogens is 4. The van der Waals surface area contributed by atoms with Crippen LogP contribution in [0.3, 0.4) is 0 Å². The minimum atomic E-state index is -3.21. The number of aryl methyl sites for hydroxylation is 1. The molecule has 0 bridgehead atoms. The number of imidazole rings is 1. The summed E-state index contributed by atoms with van der Waals surface area (Å²) in [6.07, 6.45) is 1.34. The first kappa shape index (κ1) is 19.3. The van der Waals surface area contributed by atoms with Crippen LogP contribution in [0.2, 0.25) is 0 Å². The number of fused-ring (bicyclic) bond motifs is 1. The zero-order chi connectivity index (χ0) is 20.1. The molecule has 27 heavy (non-hydrogen) atoms. The van der Waals surface area contributed by atoms with E-state index in [9.17, 15) is 22.8 Å². The number of rotatable bonds is 5. The number of hydrogen-bond donors (Lipinski definition) is 0. The molecular formula is C16H23N5O5S. The normalized spacial score (nSPS) is 15.5. The number of carbonyl (C=O) groups is 1. The Morgan fingerprint density at radius 3 is 2.44 bits per heavy atom. The molecule has 0 atom stereocenters. The molecule has 1 amide bonds. The lowest BCUT2D eigenvalue weighted by Gasteiger charge is -2.39. The number of sulfone groups is 1. The van der Waals surface area contributed by atoms with E-state index >= 15 is 0 Å². The highest BCUT2D eigenvalue weighted by Gasteiger charge is 2.39. The molecule has 0 saturated carbocycles. The van der Waals surface area contributed by atoms with E-state index in [1.54, 1.807) is 0 Å². The van der Waals surface area contributed by atoms with Crippen LogP contribution in [0.15, 0.2) is 15.9 Å². The summed E-state index contributed by atoms with van der Waals surface area (Å²) in [5.41, 5.74) is -0.654. The third kappa shape index (κ3) is 3.31. The number of nitrogens with zero attached hydrogens (tertiary/aromatic N) is 5. The Labute approximate surface area is 155 Å². The smallest absolute Gasteiger partial charge is 0.332 e. The quantitative estimate of drug-likeness (QED) is 0.620. The van der Waals surface area contributed by atoms with E-state index in [1.165, 1.54) is 34.5 Å². The van der Waals surface area contributed by atoms with Gasteiger partial charge in [0.2, 0.25) is 5.91 Å². The Balaban J connectivity index is 1.77. The van der Waals surface area contributed by atoms with Crippen LogP contribution >= 0.6 is 0 Å². The standard InChI is InChI=1S/C16H23N5O5S/c1-10(2)8-27(25,26)11-5-20(6-11)12(22)7-21-9-17-14-13(21)15(23)19(4)16(24)18(14)3/h9-11H,5-8H2,1-4H3. The predicted octanol–water partition coefficient (Wildman–Crippen LogP) is -1.28. The molecule has 2 aromatic heterocycles. The summed E-state index contributed by atoms with van der Waals surface area (Å²) in [6, 6.07) is 0. The number of likely N-dealkylation sites (tertiary alicyclic amines) is 1. The van der Waals surface area contributed by atoms with Gasteiger partial charge in [-0.1, -0.05) is 13.8 Å². The van der Waals surface area contributed by atoms with E-state index in [2.05, 4.69) is 4.98 Å². The van der Waals surface area contributed by atoms with Crippen molar-refractivity contribution in [2.75, 3.05) is 18.8 Å². The molecule has 0 aromatic carbocycles. The summed E-state index contributed by atoms with van der Waals surface area (Å²) in [5, 5.41) is -0.530. The van der Waals surface area contributed by atoms with Gasteiger partial charge in [-0.05, 0) is 5.92 Å². The lowest BCUT2D eigenvalue weighted by atomic mass is 10.2. The van der Waals surface area contributed by atoms with Crippen LogP contribution in [0.4, 0.5) is 0 Å². The second kappa shape index (κ2) is 6.63. The molecule has 3 heterocycles. The molecule has 11 heteroatoms. The van der Waals surface area contributed by atoms with Gasteiger partial charge in [0.1, 0.15) is 6.54 Å². The zero-order valence-electron chi connectivity index (χ0n) is 15.7. The summed E-state index contributed by atoms with van der Waals surface area (Å²) in [6.45, 7) is 3.88. The molecule has 0 radical (unpaired) electrons. The molecule has 0 spiro atoms. The fraction of sp³-hybridized carbons (Fsp3) is 0.625. The first-order valence-corrected chi connectivity index (χ1v) is 10.3. The maximum absolute atomic E-state index is 12.5. The number of carbonyl (C=O) groups excluding carboxylic acids is 1. The largest absolute Gasteiger partial charge is 0.338 e. The van der Waals surface area contributed by atoms with Crippen LogP contribution in [0.5, 0.6) is 0 Å². The second-order valence-electron chi connectivity index (χ2n) is 7.39. The van der Waals surface area contributed by atoms with Crippen molar-refractivity contribution in [2.24, 2.45) is 20.0 Å². The van der Waals surface area contributed by atoms with Crippen molar-refractivity contribution in [1.29, 1.82) is 0 Å². The Kier molecular flexibility index (Phi) is 4.74. The van der Waals surface area contributed by atoms with Crippen LogP contribution < -0.4 is 11.2 Å². The van der Waals surface area contributed by atoms with Crippen molar-refractivity contribution in [2.45, 2.75) is 25.6 Å². The molecule has 3 rings (SSSR count). The van der Waals surface area contributed by atoms with Crippen molar-refractivity contribution in [3.8, 4) is 0 Å². The third-order valence-corrected chi connectivity index (χ3v) is 7.24. The van der Waals surface area contributed by atoms with Gasteiger partial charge in [-0.2, -0.15) is 0 Å². The van der Waals surface area contributed by atoms with Crippen LogP contribution in [-0.2, 0) is 35.3 Å². The molecule has 0 N–H and O–H groups in total. The summed E-state index contributed by atoms with van der Waals surface area (Å²) < 4.78 is 28.0. The second-order valence-corrected chi connectivity index (χ2v) is 9.72. The molecule has 1 fully saturated rings. The predicted molar refractivity (Wildman–Crippen MR) is 99.2 cm³/mol. The summed E-state index contributed by atoms with van der Waals surface area (Å²) in [4.78, 5) is 42.4. The molecule has 0 aliphatic carbocycles. The molecular weight excluding hydrogens is 374 g/mol. The summed E-state index contributed by atoms with van der Waals surface area (Å²) >= 11 is 0. The molecule has 1 saturated heterocycles. The Bertz CT molecular complexity index is 1120. The maximum Gasteiger partial charge on any atom is 0.332 e. The molecule has 1 aliphatic heterocycles. The fourth-order valence-corrected chi connectivity index (χ4v) is 5.25. The highest BCUT2D eigenvalue weighted by atomic mass is 32.2. The van der Waals surface area contributed by atoms with E-state index in [-0.39, 0.29) is 48.4 Å². The van der Waals surface area contributed by atoms with Crippen LogP contribution in [-0.4, -0.2) is 62.0 Å². The molecule has 2 aromatic rings. The van der Waals surface area contributed by atoms with Crippen LogP contribution in [0, 0.1) is 5.92 Å². The fourth-order valence-electron chi connectivity index (χ4n) is 3.23. The average molecular weight is 397 g/mol. The van der Waals surface area contributed by atoms with E-state index in [4.69, 9.17) is 0 Å². The van der Waals surface area contributed by atoms with Crippen molar-refractivity contribution < 1.29 is 13.2 Å². The van der Waals surface area contributed by atoms with Gasteiger partial charge in [0.05, 0.1) is 17.3 Å². The van der Waals surface area contributed by atoms with Gasteiger partial charge in [-0.15, -0.1) is 0 Å². The molecule has 0 unspecified atom stereocenters. The van der Waals surface area contributed by atoms with E-state index in [0.717, 1.165) is 4.57 Å². The van der Waals surface area contributed by atoms with Crippen molar-refractivity contribution in [1.82, 2.24) is 23.6 Å². The first-order valence-electron chi connectivity index (χ1n) is 8.63. The van der Waals surface area contributed by atoms with Gasteiger partial charge in [-0.3, -0.25) is 18.7 Å². The summed E-state index contributed by atoms with van der Waals surface area (Å²) in [5.74, 6) is -0.142. The Morgan fingerprint density at radius 2 is 1.85 bits per heavy atom. The van der Waals surface area contributed by atoms with E-state index < -0.39 is 26.3 Å². The highest BCUT2D eigenvalue weighted by molar-refractivity contribution is 7.92. The minimum Gasteiger partial charge on any atom is -0.338 e. The van der Waals surface area contributed by atoms with Crippen molar-refractivity contribution in [3.05, 3.63) is 27.2 Å². The van der Waals surface area contributed by atoms with Crippen LogP contribution in [0.1, 0.15) is 13.8 Å². The van der Waals surface area contributed by atoms with Gasteiger partial charge in [-0.25, -0.2) is 18.2 Å². The van der Waals surface area contributed by atoms with Gasteiger partial charge in [0.15, 0.2) is 21.0 Å². The topological polar surface area (TPSA) is 116 Å². The number of hydrogen-bond acceptors (Lipinski definition) is 6. The Morgan fingerprint density at radius 1 is 1.22 bits per heavy atom. The highest BCUT2D eigenvalue weighted by Crippen LogP contribution is 2.20.